The average Bonchev–Trinajstić information content (AvgIpc) is 2.05. The predicted molar refractivity (Wildman–Crippen MR) is 52.9 cm³/mol. The minimum Gasteiger partial charge on any atom is -0.392 e. The molecule has 0 aromatic heterocycles. The Hall–Kier alpha value is -0.420. The van der Waals surface area contributed by atoms with E-state index < -0.39 is 19.3 Å². The van der Waals surface area contributed by atoms with E-state index in [1.54, 1.807) is 24.3 Å². The first-order valence-corrected chi connectivity index (χ1v) is 6.59. The lowest BCUT2D eigenvalue weighted by Gasteiger charge is -1.94. The molecule has 0 bridgehead atoms. The molecule has 0 saturated carbocycles. The average molecular weight is 264 g/mol. The normalized spacial score (nSPS) is 10.4. The van der Waals surface area contributed by atoms with E-state index in [1.807, 2.05) is 0 Å². The zero-order chi connectivity index (χ0) is 8.27. The molecule has 0 amide bonds. The van der Waals surface area contributed by atoms with Crippen LogP contribution in [-0.4, -0.2) is 9.62 Å². The standard InChI is InChI=1S/C8H9IO2/c1-9(11)8-4-2-7(6-10)3-5-8/h2-5,10H,1,6H2. The molecule has 0 aliphatic heterocycles. The van der Waals surface area contributed by atoms with Crippen molar-refractivity contribution in [2.24, 2.45) is 0 Å². The molecule has 0 atom stereocenters. The van der Waals surface area contributed by atoms with Crippen LogP contribution in [0, 0.1) is 3.57 Å². The van der Waals surface area contributed by atoms with Crippen molar-refractivity contribution in [1.29, 1.82) is 0 Å². The second kappa shape index (κ2) is 3.82. The second-order valence-corrected chi connectivity index (χ2v) is 5.18. The molecule has 60 valence electrons. The van der Waals surface area contributed by atoms with Gasteiger partial charge in [-0.1, -0.05) is 12.1 Å². The van der Waals surface area contributed by atoms with E-state index in [0.29, 0.717) is 0 Å². The maximum atomic E-state index is 10.9. The van der Waals surface area contributed by atoms with E-state index in [9.17, 15) is 3.07 Å². The highest BCUT2D eigenvalue weighted by atomic mass is 127. The molecular formula is C8H9IO2. The van der Waals surface area contributed by atoms with E-state index in [1.165, 1.54) is 0 Å². The fourth-order valence-electron chi connectivity index (χ4n) is 0.730. The number of aliphatic hydroxyl groups is 1. The van der Waals surface area contributed by atoms with Crippen molar-refractivity contribution in [2.75, 3.05) is 0 Å². The van der Waals surface area contributed by atoms with Gasteiger partial charge in [0, 0.05) is 3.57 Å². The van der Waals surface area contributed by atoms with Gasteiger partial charge in [-0.15, -0.1) is 0 Å². The highest BCUT2D eigenvalue weighted by Gasteiger charge is 1.92. The maximum Gasteiger partial charge on any atom is 0.107 e. The summed E-state index contributed by atoms with van der Waals surface area (Å²) < 4.78 is 15.2. The highest BCUT2D eigenvalue weighted by Crippen LogP contribution is 2.16. The molecule has 0 heterocycles. The van der Waals surface area contributed by atoms with Crippen molar-refractivity contribution in [3.63, 3.8) is 0 Å². The van der Waals surface area contributed by atoms with Crippen LogP contribution in [0.4, 0.5) is 0 Å². The van der Waals surface area contributed by atoms with E-state index >= 15 is 0 Å². The topological polar surface area (TPSA) is 37.3 Å². The number of hydrogen-bond donors (Lipinski definition) is 1. The maximum absolute atomic E-state index is 10.9. The van der Waals surface area contributed by atoms with Crippen LogP contribution >= 0.6 is 19.3 Å². The smallest absolute Gasteiger partial charge is 0.107 e. The zero-order valence-electron chi connectivity index (χ0n) is 5.96. The third kappa shape index (κ3) is 2.27. The molecule has 0 saturated heterocycles. The van der Waals surface area contributed by atoms with Crippen LogP contribution in [0.2, 0.25) is 0 Å². The number of hydrogen-bond acceptors (Lipinski definition) is 2. The van der Waals surface area contributed by atoms with Gasteiger partial charge in [-0.3, -0.25) is 3.07 Å². The molecule has 3 heteroatoms. The van der Waals surface area contributed by atoms with E-state index in [0.717, 1.165) is 9.13 Å². The van der Waals surface area contributed by atoms with Crippen molar-refractivity contribution >= 4 is 23.8 Å². The number of benzene rings is 1. The summed E-state index contributed by atoms with van der Waals surface area (Å²) in [6, 6.07) is 7.05. The number of aliphatic hydroxyl groups excluding tert-OH is 1. The van der Waals surface area contributed by atoms with Gasteiger partial charge in [0.25, 0.3) is 0 Å². The van der Waals surface area contributed by atoms with Crippen molar-refractivity contribution in [2.45, 2.75) is 6.61 Å². The Balaban J connectivity index is 3.01. The molecule has 1 N–H and O–H groups in total. The van der Waals surface area contributed by atoms with Gasteiger partial charge >= 0.3 is 0 Å². The summed E-state index contributed by atoms with van der Waals surface area (Å²) in [6.07, 6.45) is 0. The Morgan fingerprint density at radius 2 is 1.91 bits per heavy atom. The Kier molecular flexibility index (Phi) is 3.02. The fourth-order valence-corrected chi connectivity index (χ4v) is 1.89. The van der Waals surface area contributed by atoms with E-state index in [-0.39, 0.29) is 6.61 Å². The van der Waals surface area contributed by atoms with Gasteiger partial charge in [0.05, 0.1) is 6.61 Å². The summed E-state index contributed by atoms with van der Waals surface area (Å²) in [5.41, 5.74) is 0.839. The van der Waals surface area contributed by atoms with Crippen LogP contribution in [0.3, 0.4) is 0 Å². The van der Waals surface area contributed by atoms with Crippen molar-refractivity contribution in [1.82, 2.24) is 0 Å². The van der Waals surface area contributed by atoms with Crippen LogP contribution in [0.15, 0.2) is 24.3 Å². The SMILES string of the molecule is C=I(=O)c1ccc(CO)cc1. The third-order valence-corrected chi connectivity index (χ3v) is 3.45. The zero-order valence-corrected chi connectivity index (χ0v) is 8.11. The van der Waals surface area contributed by atoms with Gasteiger partial charge in [-0.25, -0.2) is 0 Å². The first-order valence-electron chi connectivity index (χ1n) is 3.10. The summed E-state index contributed by atoms with van der Waals surface area (Å²) in [5.74, 6) is 0. The van der Waals surface area contributed by atoms with Gasteiger partial charge in [0.15, 0.2) is 0 Å². The van der Waals surface area contributed by atoms with Crippen LogP contribution in [0.25, 0.3) is 0 Å². The summed E-state index contributed by atoms with van der Waals surface area (Å²) in [4.78, 5) is 0. The van der Waals surface area contributed by atoms with Gasteiger partial charge in [0.2, 0.25) is 0 Å². The monoisotopic (exact) mass is 264 g/mol. The molecule has 0 fully saturated rings. The van der Waals surface area contributed by atoms with Crippen LogP contribution in [0.1, 0.15) is 5.56 Å². The summed E-state index contributed by atoms with van der Waals surface area (Å²) in [5, 5.41) is 8.69. The van der Waals surface area contributed by atoms with E-state index in [2.05, 4.69) is 4.51 Å². The van der Waals surface area contributed by atoms with Gasteiger partial charge < -0.3 is 5.11 Å². The molecule has 1 aromatic rings. The Morgan fingerprint density at radius 3 is 2.27 bits per heavy atom. The molecule has 0 aliphatic carbocycles. The molecule has 0 spiro atoms. The summed E-state index contributed by atoms with van der Waals surface area (Å²) >= 11 is -2.30. The Morgan fingerprint density at radius 1 is 1.36 bits per heavy atom. The largest absolute Gasteiger partial charge is 0.392 e. The lowest BCUT2D eigenvalue weighted by molar-refractivity contribution is 0.282. The molecule has 1 aromatic carbocycles. The van der Waals surface area contributed by atoms with Crippen molar-refractivity contribution < 1.29 is 8.18 Å². The van der Waals surface area contributed by atoms with Crippen molar-refractivity contribution in [3.8, 4) is 0 Å². The summed E-state index contributed by atoms with van der Waals surface area (Å²) in [7, 11) is 0. The predicted octanol–water partition coefficient (Wildman–Crippen LogP) is 1.63. The van der Waals surface area contributed by atoms with E-state index in [4.69, 9.17) is 5.11 Å². The molecule has 1 rings (SSSR count). The quantitative estimate of drug-likeness (QED) is 0.824. The van der Waals surface area contributed by atoms with Gasteiger partial charge in [-0.2, -0.15) is 0 Å². The summed E-state index contributed by atoms with van der Waals surface area (Å²) in [6.45, 7) is 0.0322. The first kappa shape index (κ1) is 8.67. The number of halogens is 1. The van der Waals surface area contributed by atoms with Gasteiger partial charge in [0.1, 0.15) is 19.3 Å². The molecular weight excluding hydrogens is 255 g/mol. The molecule has 2 nitrogen and oxygen atoms in total. The number of rotatable bonds is 2. The Bertz CT molecular complexity index is 290. The molecule has 0 unspecified atom stereocenters. The van der Waals surface area contributed by atoms with Crippen LogP contribution in [-0.2, 0) is 9.68 Å². The lowest BCUT2D eigenvalue weighted by atomic mass is 10.2. The molecule has 11 heavy (non-hydrogen) atoms. The first-order chi connectivity index (χ1) is 5.24. The fraction of sp³-hybridized carbons (Fsp3) is 0.125. The van der Waals surface area contributed by atoms with Crippen LogP contribution < -0.4 is 0 Å². The van der Waals surface area contributed by atoms with Crippen LogP contribution in [0.5, 0.6) is 0 Å². The molecule has 0 aliphatic rings. The van der Waals surface area contributed by atoms with Crippen molar-refractivity contribution in [3.05, 3.63) is 33.4 Å². The third-order valence-electron chi connectivity index (χ3n) is 1.34. The highest BCUT2D eigenvalue weighted by molar-refractivity contribution is 14.2. The Labute approximate surface area is 72.1 Å². The lowest BCUT2D eigenvalue weighted by Crippen LogP contribution is -1.81. The van der Waals surface area contributed by atoms with Gasteiger partial charge in [-0.05, 0) is 22.2 Å². The minimum atomic E-state index is -2.30. The second-order valence-electron chi connectivity index (χ2n) is 2.10. The minimum absolute atomic E-state index is 0.0322. The molecule has 0 radical (unpaired) electrons.